The van der Waals surface area contributed by atoms with Gasteiger partial charge in [0.1, 0.15) is 11.6 Å². The number of hydrogen-bond acceptors (Lipinski definition) is 7. The number of benzene rings is 1. The average Bonchev–Trinajstić information content (AvgIpc) is 3.12. The smallest absolute Gasteiger partial charge is 0.252 e. The Morgan fingerprint density at radius 1 is 0.941 bits per heavy atom. The van der Waals surface area contributed by atoms with Crippen molar-refractivity contribution in [2.45, 2.75) is 27.7 Å². The second-order valence-electron chi connectivity index (χ2n) is 8.56. The number of piperazine rings is 1. The van der Waals surface area contributed by atoms with Crippen LogP contribution in [0.3, 0.4) is 0 Å². The van der Waals surface area contributed by atoms with Crippen molar-refractivity contribution in [1.82, 2.24) is 24.1 Å². The summed E-state index contributed by atoms with van der Waals surface area (Å²) < 4.78 is 28.7. The number of carbonyl (C=O) groups is 1. The molecule has 1 N–H and O–H groups in total. The zero-order valence-corrected chi connectivity index (χ0v) is 20.6. The van der Waals surface area contributed by atoms with E-state index in [9.17, 15) is 13.2 Å². The van der Waals surface area contributed by atoms with Crippen molar-refractivity contribution in [3.05, 3.63) is 59.0 Å². The molecule has 0 bridgehead atoms. The molecule has 0 saturated carbocycles. The predicted molar refractivity (Wildman–Crippen MR) is 131 cm³/mol. The first-order chi connectivity index (χ1) is 16.1. The van der Waals surface area contributed by atoms with Crippen LogP contribution in [0, 0.1) is 27.7 Å². The maximum atomic E-state index is 12.9. The lowest BCUT2D eigenvalue weighted by atomic mass is 10.2. The van der Waals surface area contributed by atoms with Crippen LogP contribution in [0.25, 0.3) is 5.95 Å². The lowest BCUT2D eigenvalue weighted by molar-refractivity contribution is -0.114. The molecule has 3 heterocycles. The molecule has 4 rings (SSSR count). The van der Waals surface area contributed by atoms with E-state index in [0.717, 1.165) is 22.6 Å². The molecule has 1 fully saturated rings. The van der Waals surface area contributed by atoms with Gasteiger partial charge in [-0.25, -0.2) is 18.4 Å². The van der Waals surface area contributed by atoms with Crippen LogP contribution in [0.1, 0.15) is 22.6 Å². The van der Waals surface area contributed by atoms with Crippen molar-refractivity contribution in [3.8, 4) is 5.95 Å². The SMILES string of the molecule is Cc1cccc(N2CCN(S(=O)(=O)CC(=O)Nc3cc(C)nn3-c3nc(C)cc(C)n3)CC2)c1. The van der Waals surface area contributed by atoms with E-state index in [1.807, 2.05) is 45.0 Å². The van der Waals surface area contributed by atoms with Crippen molar-refractivity contribution in [2.75, 3.05) is 42.1 Å². The molecule has 1 aliphatic rings. The van der Waals surface area contributed by atoms with Crippen molar-refractivity contribution in [3.63, 3.8) is 0 Å². The van der Waals surface area contributed by atoms with Crippen LogP contribution in [0.15, 0.2) is 36.4 Å². The van der Waals surface area contributed by atoms with E-state index in [1.165, 1.54) is 8.99 Å². The van der Waals surface area contributed by atoms with Gasteiger partial charge >= 0.3 is 0 Å². The summed E-state index contributed by atoms with van der Waals surface area (Å²) in [6.07, 6.45) is 0. The lowest BCUT2D eigenvalue weighted by Crippen LogP contribution is -2.50. The van der Waals surface area contributed by atoms with Crippen LogP contribution >= 0.6 is 0 Å². The molecular formula is C23H29N7O3S. The molecule has 0 atom stereocenters. The van der Waals surface area contributed by atoms with Crippen LogP contribution in [0.4, 0.5) is 11.5 Å². The predicted octanol–water partition coefficient (Wildman–Crippen LogP) is 1.99. The van der Waals surface area contributed by atoms with Crippen LogP contribution < -0.4 is 10.2 Å². The second-order valence-corrected chi connectivity index (χ2v) is 10.5. The fourth-order valence-corrected chi connectivity index (χ4v) is 5.33. The molecule has 34 heavy (non-hydrogen) atoms. The van der Waals surface area contributed by atoms with Crippen LogP contribution in [-0.2, 0) is 14.8 Å². The Balaban J connectivity index is 1.41. The van der Waals surface area contributed by atoms with Gasteiger partial charge in [0.2, 0.25) is 15.9 Å². The number of nitrogens with one attached hydrogen (secondary N) is 1. The van der Waals surface area contributed by atoms with Crippen molar-refractivity contribution >= 4 is 27.4 Å². The third-order valence-electron chi connectivity index (χ3n) is 5.57. The Kier molecular flexibility index (Phi) is 6.67. The van der Waals surface area contributed by atoms with Crippen LogP contribution in [0.2, 0.25) is 0 Å². The zero-order chi connectivity index (χ0) is 24.5. The fraction of sp³-hybridized carbons (Fsp3) is 0.391. The van der Waals surface area contributed by atoms with Crippen molar-refractivity contribution in [2.24, 2.45) is 0 Å². The van der Waals surface area contributed by atoms with Gasteiger partial charge in [-0.1, -0.05) is 12.1 Å². The van der Waals surface area contributed by atoms with Gasteiger partial charge in [-0.15, -0.1) is 0 Å². The quantitative estimate of drug-likeness (QED) is 0.570. The summed E-state index contributed by atoms with van der Waals surface area (Å²) in [4.78, 5) is 23.6. The van der Waals surface area contributed by atoms with Gasteiger partial charge in [-0.3, -0.25) is 4.79 Å². The highest BCUT2D eigenvalue weighted by Crippen LogP contribution is 2.20. The van der Waals surface area contributed by atoms with E-state index in [2.05, 4.69) is 31.3 Å². The van der Waals surface area contributed by atoms with E-state index in [0.29, 0.717) is 43.6 Å². The number of anilines is 2. The minimum atomic E-state index is -3.77. The monoisotopic (exact) mass is 483 g/mol. The molecule has 1 saturated heterocycles. The second kappa shape index (κ2) is 9.51. The zero-order valence-electron chi connectivity index (χ0n) is 19.8. The highest BCUT2D eigenvalue weighted by molar-refractivity contribution is 7.89. The Morgan fingerprint density at radius 2 is 1.62 bits per heavy atom. The molecule has 1 amide bonds. The van der Waals surface area contributed by atoms with E-state index in [4.69, 9.17) is 0 Å². The molecule has 180 valence electrons. The topological polar surface area (TPSA) is 113 Å². The summed E-state index contributed by atoms with van der Waals surface area (Å²) in [5.74, 6) is -0.635. The summed E-state index contributed by atoms with van der Waals surface area (Å²) in [5, 5.41) is 7.03. The molecule has 0 radical (unpaired) electrons. The lowest BCUT2D eigenvalue weighted by Gasteiger charge is -2.35. The summed E-state index contributed by atoms with van der Waals surface area (Å²) >= 11 is 0. The molecule has 1 aliphatic heterocycles. The fourth-order valence-electron chi connectivity index (χ4n) is 4.03. The number of nitrogens with zero attached hydrogens (tertiary/aromatic N) is 6. The molecule has 2 aromatic heterocycles. The highest BCUT2D eigenvalue weighted by atomic mass is 32.2. The van der Waals surface area contributed by atoms with Gasteiger partial charge in [0.15, 0.2) is 0 Å². The molecule has 3 aromatic rings. The molecule has 0 unspecified atom stereocenters. The van der Waals surface area contributed by atoms with Crippen molar-refractivity contribution < 1.29 is 13.2 Å². The van der Waals surface area contributed by atoms with Gasteiger partial charge < -0.3 is 10.2 Å². The molecule has 10 nitrogen and oxygen atoms in total. The van der Waals surface area contributed by atoms with Crippen molar-refractivity contribution in [1.29, 1.82) is 0 Å². The number of aromatic nitrogens is 4. The van der Waals surface area contributed by atoms with E-state index < -0.39 is 21.7 Å². The third kappa shape index (κ3) is 5.42. The highest BCUT2D eigenvalue weighted by Gasteiger charge is 2.29. The van der Waals surface area contributed by atoms with Gasteiger partial charge in [0.25, 0.3) is 5.95 Å². The summed E-state index contributed by atoms with van der Waals surface area (Å²) in [6.45, 7) is 9.30. The first kappa shape index (κ1) is 23.8. The Hall–Kier alpha value is -3.31. The minimum Gasteiger partial charge on any atom is -0.369 e. The number of rotatable bonds is 6. The van der Waals surface area contributed by atoms with Crippen LogP contribution in [-0.4, -0.2) is 70.3 Å². The summed E-state index contributed by atoms with van der Waals surface area (Å²) in [5.41, 5.74) is 4.41. The number of sulfonamides is 1. The average molecular weight is 484 g/mol. The third-order valence-corrected chi connectivity index (χ3v) is 7.35. The number of carbonyl (C=O) groups excluding carboxylic acids is 1. The maximum Gasteiger partial charge on any atom is 0.252 e. The molecule has 11 heteroatoms. The summed E-state index contributed by atoms with van der Waals surface area (Å²) in [7, 11) is -3.77. The Morgan fingerprint density at radius 3 is 2.26 bits per heavy atom. The maximum absolute atomic E-state index is 12.9. The largest absolute Gasteiger partial charge is 0.369 e. The standard InChI is InChI=1S/C23H29N7O3S/c1-16-6-5-7-20(12-16)28-8-10-29(11-9-28)34(32,33)15-22(31)26-21-14-19(4)27-30(21)23-24-17(2)13-18(3)25-23/h5-7,12-14H,8-11,15H2,1-4H3,(H,26,31). The Labute approximate surface area is 199 Å². The first-order valence-corrected chi connectivity index (χ1v) is 12.7. The normalized spacial score (nSPS) is 14.9. The van der Waals surface area contributed by atoms with E-state index in [1.54, 1.807) is 13.0 Å². The van der Waals surface area contributed by atoms with Crippen LogP contribution in [0.5, 0.6) is 0 Å². The van der Waals surface area contributed by atoms with Gasteiger partial charge in [-0.2, -0.15) is 14.1 Å². The minimum absolute atomic E-state index is 0.316. The molecule has 0 aliphatic carbocycles. The Bertz CT molecular complexity index is 1290. The summed E-state index contributed by atoms with van der Waals surface area (Å²) in [6, 6.07) is 11.6. The van der Waals surface area contributed by atoms with E-state index >= 15 is 0 Å². The van der Waals surface area contributed by atoms with Gasteiger partial charge in [-0.05, 0) is 51.5 Å². The van der Waals surface area contributed by atoms with Gasteiger partial charge in [0, 0.05) is 49.3 Å². The number of amides is 1. The van der Waals surface area contributed by atoms with E-state index in [-0.39, 0.29) is 0 Å². The number of aryl methyl sites for hydroxylation is 4. The first-order valence-electron chi connectivity index (χ1n) is 11.1. The number of hydrogen-bond donors (Lipinski definition) is 1. The van der Waals surface area contributed by atoms with Gasteiger partial charge in [0.05, 0.1) is 5.69 Å². The molecular weight excluding hydrogens is 454 g/mol. The molecule has 1 aromatic carbocycles. The molecule has 0 spiro atoms.